The molecule has 3 amide bonds. The van der Waals surface area contributed by atoms with Gasteiger partial charge < -0.3 is 37.3 Å². The number of rotatable bonds is 23. The van der Waals surface area contributed by atoms with Gasteiger partial charge in [-0.05, 0) is 111 Å². The first-order valence-corrected chi connectivity index (χ1v) is 23.0. The van der Waals surface area contributed by atoms with Gasteiger partial charge in [-0.1, -0.05) is 78.2 Å². The molecule has 0 unspecified atom stereocenters. The lowest BCUT2D eigenvalue weighted by Gasteiger charge is -2.23. The van der Waals surface area contributed by atoms with Gasteiger partial charge in [-0.2, -0.15) is 30.8 Å². The largest absolute Gasteiger partial charge is 0.480 e. The van der Waals surface area contributed by atoms with Crippen molar-refractivity contribution in [3.05, 3.63) is 142 Å². The molecule has 0 spiro atoms. The van der Waals surface area contributed by atoms with E-state index in [0.29, 0.717) is 51.7 Å². The Morgan fingerprint density at radius 1 is 0.700 bits per heavy atom. The molecular formula is C48H53Cl2F2N11O7. The van der Waals surface area contributed by atoms with Crippen molar-refractivity contribution in [3.63, 3.8) is 0 Å². The van der Waals surface area contributed by atoms with Crippen LogP contribution in [0.4, 0.5) is 8.78 Å². The fraction of sp³-hybridized carbons (Fsp3) is 0.312. The zero-order chi connectivity index (χ0) is 50.6. The van der Waals surface area contributed by atoms with Crippen molar-refractivity contribution in [1.29, 1.82) is 0 Å². The summed E-state index contributed by atoms with van der Waals surface area (Å²) in [6.45, 7) is 2.43. The Bertz CT molecular complexity index is 2640. The van der Waals surface area contributed by atoms with Gasteiger partial charge >= 0.3 is 11.9 Å². The van der Waals surface area contributed by atoms with Crippen molar-refractivity contribution in [1.82, 2.24) is 46.8 Å². The molecule has 2 heterocycles. The van der Waals surface area contributed by atoms with Gasteiger partial charge in [-0.3, -0.25) is 19.2 Å². The zero-order valence-corrected chi connectivity index (χ0v) is 39.5. The summed E-state index contributed by atoms with van der Waals surface area (Å²) in [6, 6.07) is 19.5. The number of aromatic amines is 2. The number of nitrogens with zero attached hydrogens (tertiary/aromatic N) is 4. The van der Waals surface area contributed by atoms with Crippen molar-refractivity contribution < 1.29 is 42.6 Å². The third-order valence-electron chi connectivity index (χ3n) is 10.7. The molecule has 0 saturated carbocycles. The number of amides is 3. The number of benzene rings is 4. The highest BCUT2D eigenvalue weighted by atomic mass is 35.5. The number of carboxylic acids is 1. The molecular weight excluding hydrogens is 951 g/mol. The Hall–Kier alpha value is -7.13. The predicted molar refractivity (Wildman–Crippen MR) is 257 cm³/mol. The number of esters is 1. The molecule has 0 radical (unpaired) electrons. The van der Waals surface area contributed by atoms with Crippen LogP contribution in [-0.2, 0) is 32.0 Å². The smallest absolute Gasteiger partial charge is 0.326 e. The molecule has 10 N–H and O–H groups in total. The summed E-state index contributed by atoms with van der Waals surface area (Å²) in [4.78, 5) is 61.4. The van der Waals surface area contributed by atoms with E-state index in [9.17, 15) is 37.9 Å². The van der Waals surface area contributed by atoms with Crippen LogP contribution in [0, 0.1) is 11.6 Å². The van der Waals surface area contributed by atoms with Crippen LogP contribution in [0.25, 0.3) is 22.3 Å². The molecule has 4 aromatic carbocycles. The summed E-state index contributed by atoms with van der Waals surface area (Å²) >= 11 is 12.0. The van der Waals surface area contributed by atoms with Crippen molar-refractivity contribution in [2.75, 3.05) is 13.2 Å². The van der Waals surface area contributed by atoms with E-state index in [1.807, 2.05) is 12.1 Å². The number of halogens is 4. The normalized spacial score (nSPS) is 12.6. The van der Waals surface area contributed by atoms with Crippen LogP contribution in [0.5, 0.6) is 0 Å². The van der Waals surface area contributed by atoms with Crippen LogP contribution in [0.1, 0.15) is 77.6 Å². The lowest BCUT2D eigenvalue weighted by molar-refractivity contribution is -0.145. The third-order valence-corrected chi connectivity index (χ3v) is 11.2. The molecule has 0 aliphatic rings. The molecule has 370 valence electrons. The molecule has 0 aliphatic heterocycles. The van der Waals surface area contributed by atoms with Gasteiger partial charge in [-0.25, -0.2) is 13.6 Å². The first kappa shape index (κ1) is 53.8. The molecule has 4 atom stereocenters. The highest BCUT2D eigenvalue weighted by molar-refractivity contribution is 6.31. The second-order valence-corrected chi connectivity index (χ2v) is 16.9. The van der Waals surface area contributed by atoms with Crippen LogP contribution >= 0.6 is 23.2 Å². The van der Waals surface area contributed by atoms with E-state index in [-0.39, 0.29) is 55.4 Å². The van der Waals surface area contributed by atoms with Gasteiger partial charge in [0.05, 0.1) is 19.0 Å². The standard InChI is InChI=1S/C26H30ClFN6O4.C22H23ClFN5O3/c27-18-9-10-21(28)20(13-18)17-7-5-16(6-8-17)12-19(31-25(36)23-15-30-34-33-23)14-22(26(37)38)32-24(35)4-2-1-3-11-29;1-2-32-22(31)19(25)11-16(27-21(30)20-12-26-29-28-20)9-13-3-5-14(6-4-13)17-10-15(23)7-8-18(17)24/h5-10,13,15,19,22H,1-4,11-12,14,29H2,(H,31,36)(H,32,35)(H,37,38)(H,30,33,34);3-8,10,12,16,19H,2,9,11,25H2,1H3,(H,27,30)(H,26,28,29)/t19-,22-;16-,19-/m11/s1. The van der Waals surface area contributed by atoms with Crippen molar-refractivity contribution >= 4 is 52.9 Å². The van der Waals surface area contributed by atoms with E-state index in [0.717, 1.165) is 24.0 Å². The number of ether oxygens (including phenoxy) is 1. The minimum absolute atomic E-state index is 0.0394. The van der Waals surface area contributed by atoms with Gasteiger partial charge in [0.15, 0.2) is 11.4 Å². The number of carbonyl (C=O) groups is 5. The van der Waals surface area contributed by atoms with E-state index in [1.165, 1.54) is 42.7 Å². The highest BCUT2D eigenvalue weighted by Crippen LogP contribution is 2.28. The van der Waals surface area contributed by atoms with Crippen molar-refractivity contribution in [3.8, 4) is 22.3 Å². The highest BCUT2D eigenvalue weighted by Gasteiger charge is 2.27. The van der Waals surface area contributed by atoms with E-state index in [2.05, 4.69) is 46.8 Å². The summed E-state index contributed by atoms with van der Waals surface area (Å²) in [5, 5.41) is 38.3. The maximum atomic E-state index is 14.3. The molecule has 18 nitrogen and oxygen atoms in total. The molecule has 0 saturated heterocycles. The van der Waals surface area contributed by atoms with E-state index >= 15 is 0 Å². The molecule has 0 fully saturated rings. The summed E-state index contributed by atoms with van der Waals surface area (Å²) in [5.74, 6) is -3.92. The molecule has 0 bridgehead atoms. The van der Waals surface area contributed by atoms with Crippen LogP contribution in [0.2, 0.25) is 10.0 Å². The molecule has 2 aromatic heterocycles. The number of carboxylic acid groups (broad SMARTS) is 1. The minimum Gasteiger partial charge on any atom is -0.480 e. The predicted octanol–water partition coefficient (Wildman–Crippen LogP) is 5.97. The number of carbonyl (C=O) groups excluding carboxylic acids is 4. The Balaban J connectivity index is 0.000000265. The summed E-state index contributed by atoms with van der Waals surface area (Å²) in [7, 11) is 0. The zero-order valence-electron chi connectivity index (χ0n) is 38.0. The van der Waals surface area contributed by atoms with Gasteiger partial charge in [0.25, 0.3) is 11.8 Å². The lowest BCUT2D eigenvalue weighted by atomic mass is 9.96. The molecule has 22 heteroatoms. The fourth-order valence-electron chi connectivity index (χ4n) is 7.21. The quantitative estimate of drug-likeness (QED) is 0.0272. The van der Waals surface area contributed by atoms with E-state index in [1.54, 1.807) is 49.4 Å². The van der Waals surface area contributed by atoms with Crippen LogP contribution in [-0.4, -0.2) is 103 Å². The number of hydrogen-bond acceptors (Lipinski definition) is 12. The first-order valence-electron chi connectivity index (χ1n) is 22.2. The van der Waals surface area contributed by atoms with E-state index < -0.39 is 53.7 Å². The first-order chi connectivity index (χ1) is 33.6. The van der Waals surface area contributed by atoms with Crippen LogP contribution in [0.15, 0.2) is 97.3 Å². The number of aliphatic carboxylic acids is 1. The minimum atomic E-state index is -1.22. The van der Waals surface area contributed by atoms with Crippen LogP contribution in [0.3, 0.4) is 0 Å². The molecule has 6 aromatic rings. The van der Waals surface area contributed by atoms with Crippen molar-refractivity contribution in [2.45, 2.75) is 82.5 Å². The maximum absolute atomic E-state index is 14.3. The number of nitrogens with one attached hydrogen (secondary N) is 5. The summed E-state index contributed by atoms with van der Waals surface area (Å²) in [6.07, 6.45) is 5.60. The maximum Gasteiger partial charge on any atom is 0.326 e. The monoisotopic (exact) mass is 1000 g/mol. The summed E-state index contributed by atoms with van der Waals surface area (Å²) < 4.78 is 33.4. The molecule has 0 aliphatic carbocycles. The van der Waals surface area contributed by atoms with Gasteiger partial charge in [0.2, 0.25) is 5.91 Å². The van der Waals surface area contributed by atoms with E-state index in [4.69, 9.17) is 39.4 Å². The van der Waals surface area contributed by atoms with Crippen LogP contribution < -0.4 is 27.4 Å². The Kier molecular flexibility index (Phi) is 20.9. The van der Waals surface area contributed by atoms with Gasteiger partial charge in [-0.15, -0.1) is 0 Å². The van der Waals surface area contributed by atoms with Crippen molar-refractivity contribution in [2.24, 2.45) is 11.5 Å². The Labute approximate surface area is 411 Å². The molecule has 70 heavy (non-hydrogen) atoms. The lowest BCUT2D eigenvalue weighted by Crippen LogP contribution is -2.47. The fourth-order valence-corrected chi connectivity index (χ4v) is 7.55. The number of unbranched alkanes of at least 4 members (excludes halogenated alkanes) is 2. The Morgan fingerprint density at radius 3 is 1.61 bits per heavy atom. The average Bonchev–Trinajstić information content (AvgIpc) is 4.10. The molecule has 6 rings (SSSR count). The Morgan fingerprint density at radius 2 is 1.19 bits per heavy atom. The number of nitrogens with two attached hydrogens (primary N) is 2. The summed E-state index contributed by atoms with van der Waals surface area (Å²) in [5.41, 5.74) is 15.2. The number of H-pyrrole nitrogens is 2. The third kappa shape index (κ3) is 16.8. The van der Waals surface area contributed by atoms with Gasteiger partial charge in [0, 0.05) is 39.7 Å². The second kappa shape index (κ2) is 27.2. The average molecular weight is 1000 g/mol. The van der Waals surface area contributed by atoms with Gasteiger partial charge in [0.1, 0.15) is 23.7 Å². The number of hydrogen-bond donors (Lipinski definition) is 8. The number of aromatic nitrogens is 6. The SMILES string of the molecule is CCOC(=O)[C@H](N)C[C@@H](Cc1ccc(-c2cc(Cl)ccc2F)cc1)NC(=O)c1cn[nH]n1.NCCCCCC(=O)N[C@H](C[C@@H](Cc1ccc(-c2cc(Cl)ccc2F)cc1)NC(=O)c1cn[nH]n1)C(=O)O. The second-order valence-electron chi connectivity index (χ2n) is 16.0. The topological polar surface area (TPSA) is 286 Å².